The predicted molar refractivity (Wildman–Crippen MR) is 55.9 cm³/mol. The average molecular weight is 206 g/mol. The number of nitriles is 1. The minimum atomic E-state index is -0.999. The van der Waals surface area contributed by atoms with Crippen LogP contribution in [0.5, 0.6) is 0 Å². The van der Waals surface area contributed by atoms with Gasteiger partial charge in [0.25, 0.3) is 0 Å². The van der Waals surface area contributed by atoms with E-state index in [2.05, 4.69) is 0 Å². The van der Waals surface area contributed by atoms with Gasteiger partial charge in [-0.15, -0.1) is 0 Å². The quantitative estimate of drug-likeness (QED) is 0.659. The third-order valence-corrected chi connectivity index (χ3v) is 2.32. The van der Waals surface area contributed by atoms with E-state index in [4.69, 9.17) is 11.0 Å². The Morgan fingerprint density at radius 1 is 1.47 bits per heavy atom. The zero-order valence-corrected chi connectivity index (χ0v) is 8.51. The van der Waals surface area contributed by atoms with Crippen LogP contribution in [0.15, 0.2) is 18.2 Å². The summed E-state index contributed by atoms with van der Waals surface area (Å²) in [4.78, 5) is 0. The molecular formula is C11H14N2O2. The Morgan fingerprint density at radius 2 is 2.13 bits per heavy atom. The average Bonchev–Trinajstić information content (AvgIpc) is 2.26. The number of aliphatic hydroxyl groups excluding tert-OH is 2. The van der Waals surface area contributed by atoms with Crippen molar-refractivity contribution in [3.8, 4) is 6.07 Å². The van der Waals surface area contributed by atoms with Crippen molar-refractivity contribution in [1.82, 2.24) is 0 Å². The lowest BCUT2D eigenvalue weighted by atomic mass is 9.99. The molecule has 0 aliphatic carbocycles. The number of benzene rings is 1. The second-order valence-electron chi connectivity index (χ2n) is 3.43. The number of rotatable bonds is 3. The predicted octanol–water partition coefficient (Wildman–Crippen LogP) is 0.220. The standard InChI is InChI=1S/C11H14N2O2/c1-7-4-8(2-3-9(7)5-12)11(15)10(14)6-13/h2-4,10-11,14-15H,6,13H2,1H3. The Kier molecular flexibility index (Phi) is 3.81. The van der Waals surface area contributed by atoms with Crippen molar-refractivity contribution in [2.45, 2.75) is 19.1 Å². The zero-order chi connectivity index (χ0) is 11.4. The molecule has 0 bridgehead atoms. The Hall–Kier alpha value is -1.41. The van der Waals surface area contributed by atoms with Gasteiger partial charge in [-0.3, -0.25) is 0 Å². The summed E-state index contributed by atoms with van der Waals surface area (Å²) in [5.41, 5.74) is 7.15. The number of hydrogen-bond acceptors (Lipinski definition) is 4. The van der Waals surface area contributed by atoms with Gasteiger partial charge >= 0.3 is 0 Å². The monoisotopic (exact) mass is 206 g/mol. The lowest BCUT2D eigenvalue weighted by molar-refractivity contribution is 0.0243. The molecule has 2 unspecified atom stereocenters. The molecule has 1 rings (SSSR count). The summed E-state index contributed by atoms with van der Waals surface area (Å²) in [6.45, 7) is 1.78. The van der Waals surface area contributed by atoms with Crippen LogP contribution >= 0.6 is 0 Å². The third kappa shape index (κ3) is 2.54. The molecule has 0 spiro atoms. The van der Waals surface area contributed by atoms with E-state index >= 15 is 0 Å². The SMILES string of the molecule is Cc1cc(C(O)C(O)CN)ccc1C#N. The van der Waals surface area contributed by atoms with Crippen LogP contribution in [0.2, 0.25) is 0 Å². The summed E-state index contributed by atoms with van der Waals surface area (Å²) in [7, 11) is 0. The molecule has 0 amide bonds. The van der Waals surface area contributed by atoms with Gasteiger partial charge in [0.1, 0.15) is 6.10 Å². The Morgan fingerprint density at radius 3 is 2.60 bits per heavy atom. The topological polar surface area (TPSA) is 90.3 Å². The highest BCUT2D eigenvalue weighted by Crippen LogP contribution is 2.19. The van der Waals surface area contributed by atoms with E-state index < -0.39 is 12.2 Å². The fourth-order valence-corrected chi connectivity index (χ4v) is 1.35. The molecule has 0 aliphatic rings. The molecule has 80 valence electrons. The fraction of sp³-hybridized carbons (Fsp3) is 0.364. The number of aliphatic hydroxyl groups is 2. The maximum atomic E-state index is 9.66. The summed E-state index contributed by atoms with van der Waals surface area (Å²) in [6.07, 6.45) is -1.97. The first-order chi connectivity index (χ1) is 7.10. The lowest BCUT2D eigenvalue weighted by Crippen LogP contribution is -2.27. The number of hydrogen-bond donors (Lipinski definition) is 3. The Balaban J connectivity index is 2.98. The summed E-state index contributed by atoms with van der Waals surface area (Å²) in [5.74, 6) is 0. The number of aryl methyl sites for hydroxylation is 1. The van der Waals surface area contributed by atoms with Gasteiger partial charge in [0.05, 0.1) is 17.7 Å². The van der Waals surface area contributed by atoms with Crippen molar-refractivity contribution < 1.29 is 10.2 Å². The van der Waals surface area contributed by atoms with Crippen molar-refractivity contribution in [3.05, 3.63) is 34.9 Å². The molecular weight excluding hydrogens is 192 g/mol. The van der Waals surface area contributed by atoms with Gasteiger partial charge in [-0.1, -0.05) is 12.1 Å². The van der Waals surface area contributed by atoms with E-state index in [9.17, 15) is 10.2 Å². The van der Waals surface area contributed by atoms with Crippen LogP contribution in [-0.4, -0.2) is 22.9 Å². The molecule has 1 aromatic carbocycles. The van der Waals surface area contributed by atoms with Gasteiger partial charge < -0.3 is 15.9 Å². The van der Waals surface area contributed by atoms with Gasteiger partial charge in [0, 0.05) is 6.54 Å². The Bertz CT molecular complexity index is 385. The molecule has 0 fully saturated rings. The molecule has 4 heteroatoms. The molecule has 0 heterocycles. The van der Waals surface area contributed by atoms with Gasteiger partial charge in [-0.25, -0.2) is 0 Å². The zero-order valence-electron chi connectivity index (χ0n) is 8.51. The highest BCUT2D eigenvalue weighted by molar-refractivity contribution is 5.40. The molecule has 4 nitrogen and oxygen atoms in total. The van der Waals surface area contributed by atoms with Crippen LogP contribution in [0.4, 0.5) is 0 Å². The van der Waals surface area contributed by atoms with Gasteiger partial charge in [-0.2, -0.15) is 5.26 Å². The summed E-state index contributed by atoms with van der Waals surface area (Å²) in [5, 5.41) is 27.7. The van der Waals surface area contributed by atoms with Crippen LogP contribution in [0.1, 0.15) is 22.8 Å². The largest absolute Gasteiger partial charge is 0.389 e. The van der Waals surface area contributed by atoms with E-state index in [1.807, 2.05) is 6.07 Å². The molecule has 15 heavy (non-hydrogen) atoms. The van der Waals surface area contributed by atoms with Crippen LogP contribution in [0, 0.1) is 18.3 Å². The maximum Gasteiger partial charge on any atom is 0.106 e. The van der Waals surface area contributed by atoms with Crippen molar-refractivity contribution in [3.63, 3.8) is 0 Å². The van der Waals surface area contributed by atoms with Crippen molar-refractivity contribution >= 4 is 0 Å². The molecule has 1 aromatic rings. The van der Waals surface area contributed by atoms with E-state index in [0.717, 1.165) is 5.56 Å². The molecule has 0 saturated heterocycles. The van der Waals surface area contributed by atoms with E-state index in [0.29, 0.717) is 11.1 Å². The lowest BCUT2D eigenvalue weighted by Gasteiger charge is -2.16. The van der Waals surface area contributed by atoms with Crippen LogP contribution in [0.25, 0.3) is 0 Å². The van der Waals surface area contributed by atoms with Crippen LogP contribution in [0.3, 0.4) is 0 Å². The number of nitrogens with zero attached hydrogens (tertiary/aromatic N) is 1. The third-order valence-electron chi connectivity index (χ3n) is 2.32. The molecule has 4 N–H and O–H groups in total. The summed E-state index contributed by atoms with van der Waals surface area (Å²) in [6, 6.07) is 6.96. The maximum absolute atomic E-state index is 9.66. The van der Waals surface area contributed by atoms with Crippen LogP contribution in [-0.2, 0) is 0 Å². The fourth-order valence-electron chi connectivity index (χ4n) is 1.35. The number of nitrogens with two attached hydrogens (primary N) is 1. The van der Waals surface area contributed by atoms with Gasteiger partial charge in [0.15, 0.2) is 0 Å². The smallest absolute Gasteiger partial charge is 0.106 e. The first-order valence-electron chi connectivity index (χ1n) is 4.67. The van der Waals surface area contributed by atoms with Crippen molar-refractivity contribution in [2.75, 3.05) is 6.54 Å². The molecule has 0 aliphatic heterocycles. The highest BCUT2D eigenvalue weighted by atomic mass is 16.3. The van der Waals surface area contributed by atoms with E-state index in [-0.39, 0.29) is 6.54 Å². The molecule has 0 aromatic heterocycles. The molecule has 0 radical (unpaired) electrons. The molecule has 0 saturated carbocycles. The second kappa shape index (κ2) is 4.89. The van der Waals surface area contributed by atoms with E-state index in [1.165, 1.54) is 0 Å². The van der Waals surface area contributed by atoms with Crippen LogP contribution < -0.4 is 5.73 Å². The van der Waals surface area contributed by atoms with Gasteiger partial charge in [-0.05, 0) is 24.1 Å². The summed E-state index contributed by atoms with van der Waals surface area (Å²) >= 11 is 0. The van der Waals surface area contributed by atoms with Crippen molar-refractivity contribution in [2.24, 2.45) is 5.73 Å². The Labute approximate surface area is 88.6 Å². The highest BCUT2D eigenvalue weighted by Gasteiger charge is 2.17. The minimum absolute atomic E-state index is 0.000214. The normalized spacial score (nSPS) is 14.3. The second-order valence-corrected chi connectivity index (χ2v) is 3.43. The molecule has 2 atom stereocenters. The van der Waals surface area contributed by atoms with E-state index in [1.54, 1.807) is 25.1 Å². The minimum Gasteiger partial charge on any atom is -0.389 e. The van der Waals surface area contributed by atoms with Crippen molar-refractivity contribution in [1.29, 1.82) is 5.26 Å². The van der Waals surface area contributed by atoms with Gasteiger partial charge in [0.2, 0.25) is 0 Å². The summed E-state index contributed by atoms with van der Waals surface area (Å²) < 4.78 is 0. The first kappa shape index (κ1) is 11.7. The first-order valence-corrected chi connectivity index (χ1v) is 4.67.